The largest absolute Gasteiger partial charge is 0.315 e. The molecule has 3 nitrogen and oxygen atoms in total. The number of halogens is 1. The second-order valence-corrected chi connectivity index (χ2v) is 3.40. The predicted octanol–water partition coefficient (Wildman–Crippen LogP) is 1.07. The topological polar surface area (TPSA) is 34.0 Å². The quantitative estimate of drug-likeness (QED) is 0.568. The lowest BCUT2D eigenvalue weighted by molar-refractivity contribution is 0.583. The molecule has 0 spiro atoms. The van der Waals surface area contributed by atoms with Gasteiger partial charge in [0, 0.05) is 31.2 Å². The molecule has 0 saturated carbocycles. The van der Waals surface area contributed by atoms with Crippen molar-refractivity contribution in [2.24, 2.45) is 0 Å². The second kappa shape index (κ2) is 6.62. The lowest BCUT2D eigenvalue weighted by Crippen LogP contribution is -2.26. The van der Waals surface area contributed by atoms with Crippen molar-refractivity contribution in [3.63, 3.8) is 0 Å². The molecule has 0 amide bonds. The van der Waals surface area contributed by atoms with Gasteiger partial charge in [0.15, 0.2) is 0 Å². The number of nitrogens with zero attached hydrogens (tertiary/aromatic N) is 1. The zero-order valence-corrected chi connectivity index (χ0v) is 8.83. The molecule has 1 aromatic rings. The molecule has 0 bridgehead atoms. The summed E-state index contributed by atoms with van der Waals surface area (Å²) in [6, 6.07) is 5.18. The van der Waals surface area contributed by atoms with Crippen LogP contribution in [0.3, 0.4) is 0 Å². The van der Waals surface area contributed by atoms with Gasteiger partial charge in [-0.3, -0.25) is 4.79 Å². The first-order valence-electron chi connectivity index (χ1n) is 4.77. The van der Waals surface area contributed by atoms with Crippen molar-refractivity contribution in [3.8, 4) is 0 Å². The first-order valence-corrected chi connectivity index (χ1v) is 5.30. The molecule has 4 heteroatoms. The van der Waals surface area contributed by atoms with E-state index in [1.165, 1.54) is 0 Å². The highest BCUT2D eigenvalue weighted by molar-refractivity contribution is 6.17. The van der Waals surface area contributed by atoms with Crippen LogP contribution in [0.15, 0.2) is 29.2 Å². The van der Waals surface area contributed by atoms with Crippen molar-refractivity contribution in [1.82, 2.24) is 9.88 Å². The highest BCUT2D eigenvalue weighted by atomic mass is 35.5. The summed E-state index contributed by atoms with van der Waals surface area (Å²) in [5.41, 5.74) is 0.0478. The summed E-state index contributed by atoms with van der Waals surface area (Å²) < 4.78 is 1.69. The molecule has 0 aliphatic carbocycles. The zero-order chi connectivity index (χ0) is 10.2. The molecule has 0 fully saturated rings. The fourth-order valence-electron chi connectivity index (χ4n) is 1.16. The molecule has 0 unspecified atom stereocenters. The third-order valence-corrected chi connectivity index (χ3v) is 2.18. The predicted molar refractivity (Wildman–Crippen MR) is 58.9 cm³/mol. The number of pyridine rings is 1. The number of rotatable bonds is 6. The molecule has 0 atom stereocenters. The maximum absolute atomic E-state index is 11.3. The fraction of sp³-hybridized carbons (Fsp3) is 0.500. The zero-order valence-electron chi connectivity index (χ0n) is 8.08. The standard InChI is InChI=1S/C10H15ClN2O/c11-5-3-6-12-7-9-13-8-2-1-4-10(13)14/h1-2,4,8,12H,3,5-7,9H2. The van der Waals surface area contributed by atoms with Crippen LogP contribution in [0.1, 0.15) is 6.42 Å². The molecule has 1 aromatic heterocycles. The summed E-state index contributed by atoms with van der Waals surface area (Å²) in [6.45, 7) is 2.42. The van der Waals surface area contributed by atoms with Crippen LogP contribution < -0.4 is 10.9 Å². The molecule has 0 aliphatic heterocycles. The normalized spacial score (nSPS) is 10.4. The summed E-state index contributed by atoms with van der Waals surface area (Å²) in [7, 11) is 0. The number of aromatic nitrogens is 1. The highest BCUT2D eigenvalue weighted by Crippen LogP contribution is 1.83. The van der Waals surface area contributed by atoms with E-state index in [4.69, 9.17) is 11.6 Å². The van der Waals surface area contributed by atoms with E-state index < -0.39 is 0 Å². The molecule has 0 radical (unpaired) electrons. The van der Waals surface area contributed by atoms with Gasteiger partial charge in [0.1, 0.15) is 0 Å². The number of hydrogen-bond donors (Lipinski definition) is 1. The van der Waals surface area contributed by atoms with Crippen molar-refractivity contribution < 1.29 is 0 Å². The molecule has 1 rings (SSSR count). The van der Waals surface area contributed by atoms with Gasteiger partial charge in [-0.2, -0.15) is 0 Å². The van der Waals surface area contributed by atoms with Gasteiger partial charge in [-0.25, -0.2) is 0 Å². The Kier molecular flexibility index (Phi) is 5.33. The Morgan fingerprint density at radius 3 is 2.93 bits per heavy atom. The minimum Gasteiger partial charge on any atom is -0.315 e. The van der Waals surface area contributed by atoms with Crippen LogP contribution >= 0.6 is 11.6 Å². The van der Waals surface area contributed by atoms with Crippen LogP contribution in [0.4, 0.5) is 0 Å². The van der Waals surface area contributed by atoms with Crippen LogP contribution in [0.5, 0.6) is 0 Å². The van der Waals surface area contributed by atoms with Gasteiger partial charge in [0.25, 0.3) is 5.56 Å². The Balaban J connectivity index is 2.25. The van der Waals surface area contributed by atoms with Gasteiger partial charge < -0.3 is 9.88 Å². The van der Waals surface area contributed by atoms with E-state index in [1.807, 2.05) is 6.07 Å². The van der Waals surface area contributed by atoms with Crippen molar-refractivity contribution in [3.05, 3.63) is 34.7 Å². The molecule has 0 aromatic carbocycles. The lowest BCUT2D eigenvalue weighted by Gasteiger charge is -2.05. The summed E-state index contributed by atoms with van der Waals surface area (Å²) in [4.78, 5) is 11.3. The molecule has 1 N–H and O–H groups in total. The van der Waals surface area contributed by atoms with E-state index in [2.05, 4.69) is 5.32 Å². The molecule has 14 heavy (non-hydrogen) atoms. The average Bonchev–Trinajstić information content (AvgIpc) is 2.20. The van der Waals surface area contributed by atoms with Crippen LogP contribution in [0.2, 0.25) is 0 Å². The van der Waals surface area contributed by atoms with Gasteiger partial charge in [-0.1, -0.05) is 6.07 Å². The first kappa shape index (κ1) is 11.3. The Morgan fingerprint density at radius 2 is 2.21 bits per heavy atom. The minimum absolute atomic E-state index is 0.0478. The van der Waals surface area contributed by atoms with E-state index in [1.54, 1.807) is 22.9 Å². The molecule has 78 valence electrons. The Bertz CT molecular complexity index is 311. The first-order chi connectivity index (χ1) is 6.84. The van der Waals surface area contributed by atoms with Crippen LogP contribution in [-0.2, 0) is 6.54 Å². The van der Waals surface area contributed by atoms with E-state index >= 15 is 0 Å². The molecule has 0 saturated heterocycles. The van der Waals surface area contributed by atoms with Crippen molar-refractivity contribution in [1.29, 1.82) is 0 Å². The van der Waals surface area contributed by atoms with E-state index in [-0.39, 0.29) is 5.56 Å². The van der Waals surface area contributed by atoms with E-state index in [0.717, 1.165) is 19.5 Å². The van der Waals surface area contributed by atoms with Gasteiger partial charge in [-0.15, -0.1) is 11.6 Å². The number of alkyl halides is 1. The van der Waals surface area contributed by atoms with Gasteiger partial charge >= 0.3 is 0 Å². The summed E-state index contributed by atoms with van der Waals surface area (Å²) in [5.74, 6) is 0.679. The second-order valence-electron chi connectivity index (χ2n) is 3.02. The van der Waals surface area contributed by atoms with Crippen LogP contribution in [-0.4, -0.2) is 23.5 Å². The van der Waals surface area contributed by atoms with Crippen molar-refractivity contribution in [2.75, 3.05) is 19.0 Å². The van der Waals surface area contributed by atoms with Gasteiger partial charge in [0.2, 0.25) is 0 Å². The number of nitrogens with one attached hydrogen (secondary N) is 1. The lowest BCUT2D eigenvalue weighted by atomic mass is 10.4. The SMILES string of the molecule is O=c1ccccn1CCNCCCCl. The van der Waals surface area contributed by atoms with Crippen molar-refractivity contribution in [2.45, 2.75) is 13.0 Å². The highest BCUT2D eigenvalue weighted by Gasteiger charge is 1.92. The Morgan fingerprint density at radius 1 is 1.36 bits per heavy atom. The van der Waals surface area contributed by atoms with Gasteiger partial charge in [0.05, 0.1) is 0 Å². The third kappa shape index (κ3) is 3.94. The van der Waals surface area contributed by atoms with E-state index in [0.29, 0.717) is 12.4 Å². The summed E-state index contributed by atoms with van der Waals surface area (Å²) in [5, 5.41) is 3.22. The molecular formula is C10H15ClN2O. The van der Waals surface area contributed by atoms with Gasteiger partial charge in [-0.05, 0) is 19.0 Å². The van der Waals surface area contributed by atoms with E-state index in [9.17, 15) is 4.79 Å². The minimum atomic E-state index is 0.0478. The van der Waals surface area contributed by atoms with Crippen molar-refractivity contribution >= 4 is 11.6 Å². The number of hydrogen-bond acceptors (Lipinski definition) is 2. The summed E-state index contributed by atoms with van der Waals surface area (Å²) >= 11 is 5.53. The maximum atomic E-state index is 11.3. The molecule has 0 aliphatic rings. The monoisotopic (exact) mass is 214 g/mol. The smallest absolute Gasteiger partial charge is 0.250 e. The average molecular weight is 215 g/mol. The van der Waals surface area contributed by atoms with Crippen LogP contribution in [0, 0.1) is 0 Å². The summed E-state index contributed by atoms with van der Waals surface area (Å²) in [6.07, 6.45) is 2.76. The fourth-order valence-corrected chi connectivity index (χ4v) is 1.30. The molecular weight excluding hydrogens is 200 g/mol. The molecule has 1 heterocycles. The maximum Gasteiger partial charge on any atom is 0.250 e. The third-order valence-electron chi connectivity index (χ3n) is 1.92. The Hall–Kier alpha value is -0.800. The Labute approximate surface area is 88.7 Å². The van der Waals surface area contributed by atoms with Crippen LogP contribution in [0.25, 0.3) is 0 Å².